The molecule has 41 heavy (non-hydrogen) atoms. The highest BCUT2D eigenvalue weighted by molar-refractivity contribution is 6.38. The molecule has 0 aliphatic carbocycles. The number of halogens is 1. The van der Waals surface area contributed by atoms with Crippen LogP contribution in [0.15, 0.2) is 96.1 Å². The zero-order valence-corrected chi connectivity index (χ0v) is 23.1. The van der Waals surface area contributed by atoms with Gasteiger partial charge in [-0.1, -0.05) is 60.7 Å². The third kappa shape index (κ3) is 7.71. The highest BCUT2D eigenvalue weighted by Crippen LogP contribution is 2.22. The quantitative estimate of drug-likeness (QED) is 0.249. The molecule has 1 aliphatic rings. The maximum Gasteiger partial charge on any atom is 0.343 e. The summed E-state index contributed by atoms with van der Waals surface area (Å²) >= 11 is 0. The maximum atomic E-state index is 12.8. The molecule has 0 saturated carbocycles. The Morgan fingerprint density at radius 1 is 0.927 bits per heavy atom. The van der Waals surface area contributed by atoms with Gasteiger partial charge in [-0.25, -0.2) is 14.3 Å². The Morgan fingerprint density at radius 3 is 2.29 bits per heavy atom. The fraction of sp³-hybridized carbons (Fsp3) is 0.200. The molecule has 1 atom stereocenters. The number of benzene rings is 2. The topological polar surface area (TPSA) is 141 Å². The van der Waals surface area contributed by atoms with Gasteiger partial charge in [0.2, 0.25) is 17.5 Å². The molecule has 11 heteroatoms. The highest BCUT2D eigenvalue weighted by atomic mass is 35.5. The molecule has 0 radical (unpaired) electrons. The lowest BCUT2D eigenvalue weighted by Crippen LogP contribution is -2.48. The average Bonchev–Trinajstić information content (AvgIpc) is 2.97. The molecule has 3 aromatic rings. The maximum absolute atomic E-state index is 12.8. The number of carbonyl (C=O) groups is 4. The standard InChI is InChI=1S/C30H29N5O5.ClH/c31-24-18-33-29(23-12-5-2-6-13-23)34(30(24)40)20-27(38)32-19-26(37)25(36)14-9-17-35(16-8-7-15-28(35)39)21-22-10-3-1-4-11-22;/h1-8,10-13,15-16,18H,9,14,17,19-21,31H2;1H/p+1. The summed E-state index contributed by atoms with van der Waals surface area (Å²) in [5.74, 6) is -1.89. The highest BCUT2D eigenvalue weighted by Gasteiger charge is 2.34. The number of nitrogens with two attached hydrogens (primary N) is 1. The van der Waals surface area contributed by atoms with E-state index in [2.05, 4.69) is 10.3 Å². The first-order valence-electron chi connectivity index (χ1n) is 12.8. The van der Waals surface area contributed by atoms with E-state index in [1.165, 1.54) is 12.3 Å². The molecule has 0 bridgehead atoms. The van der Waals surface area contributed by atoms with Gasteiger partial charge in [-0.2, -0.15) is 0 Å². The van der Waals surface area contributed by atoms with Gasteiger partial charge >= 0.3 is 5.91 Å². The normalized spacial score (nSPS) is 15.7. The number of nitrogen functional groups attached to an aromatic ring is 1. The Kier molecular flexibility index (Phi) is 10.6. The van der Waals surface area contributed by atoms with E-state index in [0.717, 1.165) is 10.1 Å². The van der Waals surface area contributed by atoms with Crippen LogP contribution in [0.1, 0.15) is 18.4 Å². The van der Waals surface area contributed by atoms with Crippen LogP contribution in [0.2, 0.25) is 0 Å². The number of aromatic nitrogens is 2. The van der Waals surface area contributed by atoms with Gasteiger partial charge in [0.05, 0.1) is 19.3 Å². The lowest BCUT2D eigenvalue weighted by molar-refractivity contribution is -0.815. The predicted molar refractivity (Wildman–Crippen MR) is 156 cm³/mol. The van der Waals surface area contributed by atoms with Crippen molar-refractivity contribution >= 4 is 41.5 Å². The van der Waals surface area contributed by atoms with Gasteiger partial charge in [-0.15, -0.1) is 12.4 Å². The summed E-state index contributed by atoms with van der Waals surface area (Å²) in [5, 5.41) is 2.41. The number of quaternary nitrogens is 1. The number of allylic oxidation sites excluding steroid dienone is 2. The van der Waals surface area contributed by atoms with Gasteiger partial charge in [-0.05, 0) is 12.2 Å². The van der Waals surface area contributed by atoms with Gasteiger partial charge in [0.25, 0.3) is 5.56 Å². The number of nitrogens with zero attached hydrogens (tertiary/aromatic N) is 3. The number of rotatable bonds is 12. The van der Waals surface area contributed by atoms with E-state index >= 15 is 0 Å². The minimum Gasteiger partial charge on any atom is -0.393 e. The van der Waals surface area contributed by atoms with Gasteiger partial charge in [0.15, 0.2) is 0 Å². The van der Waals surface area contributed by atoms with E-state index in [1.54, 1.807) is 42.6 Å². The summed E-state index contributed by atoms with van der Waals surface area (Å²) in [6.07, 6.45) is 8.27. The van der Waals surface area contributed by atoms with Crippen molar-refractivity contribution in [2.75, 3.05) is 18.8 Å². The molecule has 2 heterocycles. The molecule has 0 saturated heterocycles. The van der Waals surface area contributed by atoms with Crippen molar-refractivity contribution < 1.29 is 23.7 Å². The summed E-state index contributed by atoms with van der Waals surface area (Å²) in [5.41, 5.74) is 6.59. The second-order valence-corrected chi connectivity index (χ2v) is 9.46. The molecule has 1 aliphatic heterocycles. The number of anilines is 1. The van der Waals surface area contributed by atoms with Crippen LogP contribution in [0.4, 0.5) is 5.69 Å². The third-order valence-electron chi connectivity index (χ3n) is 6.59. The summed E-state index contributed by atoms with van der Waals surface area (Å²) in [4.78, 5) is 67.2. The van der Waals surface area contributed by atoms with Crippen molar-refractivity contribution in [3.05, 3.63) is 107 Å². The van der Waals surface area contributed by atoms with Crippen molar-refractivity contribution in [1.29, 1.82) is 0 Å². The van der Waals surface area contributed by atoms with Crippen molar-refractivity contribution in [2.24, 2.45) is 0 Å². The second kappa shape index (κ2) is 14.1. The molecule has 4 rings (SSSR count). The van der Waals surface area contributed by atoms with Crippen molar-refractivity contribution in [1.82, 2.24) is 14.9 Å². The smallest absolute Gasteiger partial charge is 0.343 e. The molecule has 10 nitrogen and oxygen atoms in total. The number of nitrogens with one attached hydrogen (secondary N) is 1. The molecule has 0 spiro atoms. The van der Waals surface area contributed by atoms with E-state index in [1.807, 2.05) is 36.4 Å². The molecule has 2 aromatic carbocycles. The molecule has 3 N–H and O–H groups in total. The van der Waals surface area contributed by atoms with Crippen LogP contribution in [0.5, 0.6) is 0 Å². The molecule has 1 unspecified atom stereocenters. The van der Waals surface area contributed by atoms with E-state index < -0.39 is 36.1 Å². The number of carbonyl (C=O) groups excluding carboxylic acids is 4. The Hall–Kier alpha value is -4.67. The van der Waals surface area contributed by atoms with Gasteiger partial charge in [-0.3, -0.25) is 23.7 Å². The number of ketones is 2. The first-order valence-corrected chi connectivity index (χ1v) is 12.8. The number of hydrogen-bond donors (Lipinski definition) is 2. The number of Topliss-reactive ketones (excluding diaryl/α,β-unsaturated/α-hetero) is 2. The Morgan fingerprint density at radius 2 is 1.61 bits per heavy atom. The van der Waals surface area contributed by atoms with E-state index in [4.69, 9.17) is 5.73 Å². The summed E-state index contributed by atoms with van der Waals surface area (Å²) in [6, 6.07) is 18.4. The average molecular weight is 577 g/mol. The molecule has 2 amide bonds. The van der Waals surface area contributed by atoms with Crippen LogP contribution >= 0.6 is 12.4 Å². The second-order valence-electron chi connectivity index (χ2n) is 9.46. The number of hydrogen-bond acceptors (Lipinski definition) is 7. The fourth-order valence-corrected chi connectivity index (χ4v) is 4.49. The lowest BCUT2D eigenvalue weighted by Gasteiger charge is -2.32. The predicted octanol–water partition coefficient (Wildman–Crippen LogP) is 2.58. The zero-order valence-electron chi connectivity index (χ0n) is 22.3. The number of amides is 2. The molecule has 212 valence electrons. The summed E-state index contributed by atoms with van der Waals surface area (Å²) < 4.78 is 1.14. The first-order chi connectivity index (χ1) is 19.3. The monoisotopic (exact) mass is 576 g/mol. The summed E-state index contributed by atoms with van der Waals surface area (Å²) in [6.45, 7) is -0.159. The first kappa shape index (κ1) is 30.9. The van der Waals surface area contributed by atoms with E-state index in [-0.39, 0.29) is 40.7 Å². The Bertz CT molecular complexity index is 1540. The zero-order chi connectivity index (χ0) is 28.5. The van der Waals surface area contributed by atoms with E-state index in [0.29, 0.717) is 25.1 Å². The SMILES string of the molecule is Cl.Nc1cnc(-c2ccccc2)n(CC(=O)NCC(=O)C(=O)CCC[N+]2(Cc3ccccc3)C=CC=CC2=O)c1=O. The van der Waals surface area contributed by atoms with Crippen molar-refractivity contribution in [2.45, 2.75) is 25.9 Å². The molecular weight excluding hydrogens is 546 g/mol. The Balaban J connectivity index is 0.00000462. The molecular formula is C30H31ClN5O5+. The fourth-order valence-electron chi connectivity index (χ4n) is 4.49. The molecule has 0 fully saturated rings. The van der Waals surface area contributed by atoms with Crippen LogP contribution in [-0.4, -0.2) is 50.5 Å². The van der Waals surface area contributed by atoms with Gasteiger partial charge < -0.3 is 11.1 Å². The minimum atomic E-state index is -0.760. The molecule has 1 aromatic heterocycles. The van der Waals surface area contributed by atoms with Crippen LogP contribution in [0, 0.1) is 0 Å². The van der Waals surface area contributed by atoms with Crippen LogP contribution in [0.25, 0.3) is 11.4 Å². The summed E-state index contributed by atoms with van der Waals surface area (Å²) in [7, 11) is 0. The van der Waals surface area contributed by atoms with Gasteiger partial charge in [0.1, 0.15) is 30.8 Å². The van der Waals surface area contributed by atoms with Crippen LogP contribution in [-0.2, 0) is 32.3 Å². The van der Waals surface area contributed by atoms with Crippen molar-refractivity contribution in [3.63, 3.8) is 0 Å². The van der Waals surface area contributed by atoms with E-state index in [9.17, 15) is 24.0 Å². The minimum absolute atomic E-state index is 0. The van der Waals surface area contributed by atoms with Crippen molar-refractivity contribution in [3.8, 4) is 11.4 Å². The van der Waals surface area contributed by atoms with Crippen LogP contribution in [0.3, 0.4) is 0 Å². The third-order valence-corrected chi connectivity index (χ3v) is 6.59. The van der Waals surface area contributed by atoms with Crippen LogP contribution < -0.4 is 16.6 Å². The van der Waals surface area contributed by atoms with Gasteiger partial charge in [0, 0.05) is 30.0 Å². The lowest BCUT2D eigenvalue weighted by atomic mass is 10.1. The largest absolute Gasteiger partial charge is 0.393 e. The Labute approximate surface area is 243 Å².